The summed E-state index contributed by atoms with van der Waals surface area (Å²) < 4.78 is 26.4. The normalized spacial score (nSPS) is 12.6. The number of nitrogens with two attached hydrogens (primary N) is 1. The molecule has 6 N–H and O–H groups in total. The summed E-state index contributed by atoms with van der Waals surface area (Å²) in [6.07, 6.45) is 0. The number of aliphatic hydroxyl groups is 3. The van der Waals surface area contributed by atoms with E-state index < -0.39 is 35.4 Å². The van der Waals surface area contributed by atoms with Gasteiger partial charge in [-0.05, 0) is 30.7 Å². The second-order valence-electron chi connectivity index (χ2n) is 4.44. The molecule has 0 aromatic heterocycles. The molecule has 0 unspecified atom stereocenters. The van der Waals surface area contributed by atoms with Gasteiger partial charge in [0.15, 0.2) is 0 Å². The average Bonchev–Trinajstić information content (AvgIpc) is 2.35. The minimum absolute atomic E-state index is 0.0928. The predicted octanol–water partition coefficient (Wildman–Crippen LogP) is -1.43. The topological polar surface area (TPSA) is 133 Å². The number of aliphatic hydroxyl groups excluding tert-OH is 3. The number of hydrogen-bond acceptors (Lipinski definition) is 6. The first-order valence-corrected chi connectivity index (χ1v) is 7.00. The predicted molar refractivity (Wildman–Crippen MR) is 69.9 cm³/mol. The first-order valence-electron chi connectivity index (χ1n) is 5.52. The van der Waals surface area contributed by atoms with Gasteiger partial charge in [0.2, 0.25) is 10.0 Å². The van der Waals surface area contributed by atoms with Crippen LogP contribution in [0.5, 0.6) is 0 Å². The number of nitrogen functional groups attached to an aromatic ring is 1. The van der Waals surface area contributed by atoms with Crippen LogP contribution in [-0.2, 0) is 10.0 Å². The Labute approximate surface area is 111 Å². The lowest BCUT2D eigenvalue weighted by atomic mass is 10.1. The van der Waals surface area contributed by atoms with Gasteiger partial charge in [0.05, 0.1) is 24.7 Å². The number of nitrogens with one attached hydrogen (secondary N) is 1. The molecule has 0 spiro atoms. The van der Waals surface area contributed by atoms with E-state index >= 15 is 0 Å². The van der Waals surface area contributed by atoms with Crippen molar-refractivity contribution in [3.8, 4) is 0 Å². The van der Waals surface area contributed by atoms with E-state index in [0.29, 0.717) is 5.56 Å². The molecule has 0 heterocycles. The van der Waals surface area contributed by atoms with E-state index in [1.165, 1.54) is 12.1 Å². The van der Waals surface area contributed by atoms with Crippen molar-refractivity contribution in [3.05, 3.63) is 23.8 Å². The van der Waals surface area contributed by atoms with E-state index in [9.17, 15) is 8.42 Å². The second-order valence-corrected chi connectivity index (χ2v) is 6.12. The van der Waals surface area contributed by atoms with Crippen LogP contribution in [0, 0.1) is 6.92 Å². The number of sulfonamides is 1. The highest BCUT2D eigenvalue weighted by atomic mass is 32.2. The Balaban J connectivity index is 3.17. The summed E-state index contributed by atoms with van der Waals surface area (Å²) in [4.78, 5) is -0.0928. The van der Waals surface area contributed by atoms with Gasteiger partial charge >= 0.3 is 0 Å². The molecule has 1 aromatic rings. The van der Waals surface area contributed by atoms with Crippen molar-refractivity contribution in [2.45, 2.75) is 17.4 Å². The molecule has 0 amide bonds. The molecule has 0 fully saturated rings. The number of aryl methyl sites for hydroxylation is 1. The summed E-state index contributed by atoms with van der Waals surface area (Å²) in [6, 6.07) is 4.26. The van der Waals surface area contributed by atoms with E-state index in [1.54, 1.807) is 13.0 Å². The first-order chi connectivity index (χ1) is 8.78. The lowest BCUT2D eigenvalue weighted by Gasteiger charge is -2.28. The van der Waals surface area contributed by atoms with Gasteiger partial charge in [-0.1, -0.05) is 0 Å². The molecule has 7 nitrogen and oxygen atoms in total. The summed E-state index contributed by atoms with van der Waals surface area (Å²) in [5.74, 6) is 0. The molecular formula is C11H18N2O5S. The first kappa shape index (κ1) is 15.9. The third-order valence-electron chi connectivity index (χ3n) is 2.64. The molecule has 0 aliphatic heterocycles. The quantitative estimate of drug-likeness (QED) is 0.408. The number of benzene rings is 1. The smallest absolute Gasteiger partial charge is 0.241 e. The Morgan fingerprint density at radius 2 is 1.68 bits per heavy atom. The monoisotopic (exact) mass is 290 g/mol. The molecule has 1 aromatic carbocycles. The van der Waals surface area contributed by atoms with E-state index in [0.717, 1.165) is 0 Å². The second kappa shape index (κ2) is 5.85. The van der Waals surface area contributed by atoms with Crippen LogP contribution >= 0.6 is 0 Å². The van der Waals surface area contributed by atoms with Crippen molar-refractivity contribution in [3.63, 3.8) is 0 Å². The van der Waals surface area contributed by atoms with Gasteiger partial charge in [0.25, 0.3) is 0 Å². The van der Waals surface area contributed by atoms with Gasteiger partial charge in [-0.25, -0.2) is 8.42 Å². The van der Waals surface area contributed by atoms with Crippen LogP contribution in [0.1, 0.15) is 5.56 Å². The third kappa shape index (κ3) is 3.64. The summed E-state index contributed by atoms with van der Waals surface area (Å²) in [5.41, 5.74) is 4.80. The molecule has 0 aliphatic carbocycles. The Morgan fingerprint density at radius 1 is 1.16 bits per heavy atom. The molecule has 0 saturated heterocycles. The van der Waals surface area contributed by atoms with Gasteiger partial charge < -0.3 is 21.1 Å². The molecule has 108 valence electrons. The van der Waals surface area contributed by atoms with E-state index in [-0.39, 0.29) is 10.6 Å². The van der Waals surface area contributed by atoms with Crippen molar-refractivity contribution in [2.75, 3.05) is 25.6 Å². The highest BCUT2D eigenvalue weighted by molar-refractivity contribution is 7.89. The highest BCUT2D eigenvalue weighted by Gasteiger charge is 2.34. The molecule has 1 rings (SSSR count). The summed E-state index contributed by atoms with van der Waals surface area (Å²) in [7, 11) is -4.01. The largest absolute Gasteiger partial charge is 0.399 e. The van der Waals surface area contributed by atoms with Gasteiger partial charge in [-0.15, -0.1) is 0 Å². The molecule has 0 radical (unpaired) electrons. The van der Waals surface area contributed by atoms with Crippen LogP contribution < -0.4 is 10.5 Å². The number of rotatable bonds is 6. The maximum absolute atomic E-state index is 12.1. The average molecular weight is 290 g/mol. The maximum Gasteiger partial charge on any atom is 0.241 e. The lowest BCUT2D eigenvalue weighted by Crippen LogP contribution is -2.56. The van der Waals surface area contributed by atoms with Crippen LogP contribution in [0.25, 0.3) is 0 Å². The van der Waals surface area contributed by atoms with Crippen LogP contribution in [0.15, 0.2) is 23.1 Å². The standard InChI is InChI=1S/C11H18N2O5S/c1-8-2-9(12)4-10(3-8)19(17,18)13-11(5-14,6-15)7-16/h2-4,13-16H,5-7,12H2,1H3. The molecule has 0 aliphatic rings. The summed E-state index contributed by atoms with van der Waals surface area (Å²) in [6.45, 7) is -0.520. The SMILES string of the molecule is Cc1cc(N)cc(S(=O)(=O)NC(CO)(CO)CO)c1. The van der Waals surface area contributed by atoms with Gasteiger partial charge in [0.1, 0.15) is 5.54 Å². The van der Waals surface area contributed by atoms with Crippen molar-refractivity contribution in [2.24, 2.45) is 0 Å². The molecule has 19 heavy (non-hydrogen) atoms. The summed E-state index contributed by atoms with van der Waals surface area (Å²) in [5, 5.41) is 27.4. The Bertz CT molecular complexity index is 512. The van der Waals surface area contributed by atoms with Crippen LogP contribution in [0.4, 0.5) is 5.69 Å². The van der Waals surface area contributed by atoms with Crippen LogP contribution in [0.3, 0.4) is 0 Å². The fourth-order valence-corrected chi connectivity index (χ4v) is 3.04. The minimum Gasteiger partial charge on any atom is -0.399 e. The highest BCUT2D eigenvalue weighted by Crippen LogP contribution is 2.18. The zero-order valence-electron chi connectivity index (χ0n) is 10.5. The molecule has 0 saturated carbocycles. The third-order valence-corrected chi connectivity index (χ3v) is 4.20. The Hall–Kier alpha value is -1.19. The number of anilines is 1. The maximum atomic E-state index is 12.1. The van der Waals surface area contributed by atoms with Crippen molar-refractivity contribution in [1.82, 2.24) is 4.72 Å². The molecule has 8 heteroatoms. The molecule has 0 atom stereocenters. The minimum atomic E-state index is -4.01. The van der Waals surface area contributed by atoms with Crippen molar-refractivity contribution in [1.29, 1.82) is 0 Å². The zero-order valence-corrected chi connectivity index (χ0v) is 11.3. The summed E-state index contributed by atoms with van der Waals surface area (Å²) >= 11 is 0. The van der Waals surface area contributed by atoms with E-state index in [4.69, 9.17) is 21.1 Å². The number of hydrogen-bond donors (Lipinski definition) is 5. The van der Waals surface area contributed by atoms with Crippen molar-refractivity contribution < 1.29 is 23.7 Å². The van der Waals surface area contributed by atoms with Crippen LogP contribution in [0.2, 0.25) is 0 Å². The van der Waals surface area contributed by atoms with E-state index in [2.05, 4.69) is 4.72 Å². The fraction of sp³-hybridized carbons (Fsp3) is 0.455. The van der Waals surface area contributed by atoms with Gasteiger partial charge in [-0.2, -0.15) is 4.72 Å². The Kier molecular flexibility index (Phi) is 4.88. The van der Waals surface area contributed by atoms with E-state index in [1.807, 2.05) is 0 Å². The van der Waals surface area contributed by atoms with Crippen LogP contribution in [-0.4, -0.2) is 49.1 Å². The van der Waals surface area contributed by atoms with Gasteiger partial charge in [-0.3, -0.25) is 0 Å². The molecular weight excluding hydrogens is 272 g/mol. The lowest BCUT2D eigenvalue weighted by molar-refractivity contribution is 0.0582. The molecule has 0 bridgehead atoms. The van der Waals surface area contributed by atoms with Crippen molar-refractivity contribution >= 4 is 15.7 Å². The zero-order chi connectivity index (χ0) is 14.7. The fourth-order valence-electron chi connectivity index (χ4n) is 1.52. The van der Waals surface area contributed by atoms with Gasteiger partial charge in [0, 0.05) is 5.69 Å². The Morgan fingerprint density at radius 3 is 2.11 bits per heavy atom.